The van der Waals surface area contributed by atoms with E-state index < -0.39 is 4.92 Å². The molecule has 9 nitrogen and oxygen atoms in total. The number of nitro groups is 1. The number of benzene rings is 3. The Labute approximate surface area is 203 Å². The third-order valence-corrected chi connectivity index (χ3v) is 6.30. The zero-order valence-electron chi connectivity index (χ0n) is 18.3. The highest BCUT2D eigenvalue weighted by Crippen LogP contribution is 2.28. The van der Waals surface area contributed by atoms with Gasteiger partial charge < -0.3 is 9.72 Å². The first-order valence-corrected chi connectivity index (χ1v) is 11.7. The van der Waals surface area contributed by atoms with E-state index in [2.05, 4.69) is 15.2 Å². The van der Waals surface area contributed by atoms with Gasteiger partial charge in [0.2, 0.25) is 5.56 Å². The van der Waals surface area contributed by atoms with Crippen molar-refractivity contribution in [1.29, 1.82) is 0 Å². The van der Waals surface area contributed by atoms with Crippen LogP contribution in [0.15, 0.2) is 94.9 Å². The monoisotopic (exact) mass is 485 g/mol. The molecule has 0 aliphatic heterocycles. The van der Waals surface area contributed by atoms with Crippen molar-refractivity contribution in [1.82, 2.24) is 19.7 Å². The topological polar surface area (TPSA) is 116 Å². The lowest BCUT2D eigenvalue weighted by Gasteiger charge is -2.11. The number of H-pyrrole nitrogens is 1. The summed E-state index contributed by atoms with van der Waals surface area (Å²) < 4.78 is 7.75. The normalized spacial score (nSPS) is 11.0. The molecule has 0 fully saturated rings. The fourth-order valence-electron chi connectivity index (χ4n) is 3.67. The van der Waals surface area contributed by atoms with Crippen LogP contribution in [0.25, 0.3) is 16.6 Å². The van der Waals surface area contributed by atoms with Gasteiger partial charge in [-0.05, 0) is 35.9 Å². The molecule has 3 aromatic carbocycles. The van der Waals surface area contributed by atoms with Crippen molar-refractivity contribution >= 4 is 28.4 Å². The van der Waals surface area contributed by atoms with Crippen LogP contribution in [0.5, 0.6) is 5.75 Å². The Kier molecular flexibility index (Phi) is 6.27. The van der Waals surface area contributed by atoms with Crippen LogP contribution in [0.1, 0.15) is 11.4 Å². The Balaban J connectivity index is 1.42. The van der Waals surface area contributed by atoms with Gasteiger partial charge in [-0.3, -0.25) is 19.5 Å². The maximum Gasteiger partial charge on any atom is 0.269 e. The Morgan fingerprint density at radius 2 is 1.71 bits per heavy atom. The number of ether oxygens (including phenoxy) is 1. The molecule has 2 heterocycles. The molecule has 0 radical (unpaired) electrons. The second kappa shape index (κ2) is 9.82. The van der Waals surface area contributed by atoms with Gasteiger partial charge in [0, 0.05) is 40.5 Å². The second-order valence-corrected chi connectivity index (χ2v) is 8.55. The number of pyridine rings is 1. The van der Waals surface area contributed by atoms with Crippen LogP contribution in [0.3, 0.4) is 0 Å². The van der Waals surface area contributed by atoms with Crippen molar-refractivity contribution in [3.8, 4) is 11.4 Å². The van der Waals surface area contributed by atoms with E-state index in [1.165, 1.54) is 23.9 Å². The Morgan fingerprint density at radius 1 is 0.971 bits per heavy atom. The minimum absolute atomic E-state index is 0.00392. The lowest BCUT2D eigenvalue weighted by Crippen LogP contribution is -2.07. The van der Waals surface area contributed by atoms with Gasteiger partial charge in [-0.2, -0.15) is 0 Å². The molecule has 35 heavy (non-hydrogen) atoms. The van der Waals surface area contributed by atoms with Crippen molar-refractivity contribution in [2.45, 2.75) is 17.5 Å². The van der Waals surface area contributed by atoms with E-state index in [9.17, 15) is 14.9 Å². The standard InChI is InChI=1S/C25H19N5O4S/c31-24-14-17(21-8-4-5-9-22(21)26-24)16-35-25-28-27-23(29(25)18-6-2-1-3-7-18)15-34-20-12-10-19(11-13-20)30(32)33/h1-14H,15-16H2,(H,26,31). The molecule has 5 aromatic rings. The smallest absolute Gasteiger partial charge is 0.269 e. The van der Waals surface area contributed by atoms with Gasteiger partial charge >= 0.3 is 0 Å². The van der Waals surface area contributed by atoms with Crippen molar-refractivity contribution in [3.63, 3.8) is 0 Å². The number of non-ortho nitro benzene ring substituents is 1. The highest BCUT2D eigenvalue weighted by atomic mass is 32.2. The number of aromatic nitrogens is 4. The molecule has 2 aromatic heterocycles. The van der Waals surface area contributed by atoms with Crippen molar-refractivity contribution in [3.05, 3.63) is 117 Å². The van der Waals surface area contributed by atoms with Crippen LogP contribution in [0, 0.1) is 10.1 Å². The van der Waals surface area contributed by atoms with Crippen molar-refractivity contribution in [2.24, 2.45) is 0 Å². The number of hydrogen-bond donors (Lipinski definition) is 1. The summed E-state index contributed by atoms with van der Waals surface area (Å²) in [5.74, 6) is 1.59. The maximum atomic E-state index is 12.1. The van der Waals surface area contributed by atoms with Crippen LogP contribution < -0.4 is 10.3 Å². The maximum absolute atomic E-state index is 12.1. The summed E-state index contributed by atoms with van der Waals surface area (Å²) in [5.41, 5.74) is 2.41. The molecule has 10 heteroatoms. The third-order valence-electron chi connectivity index (χ3n) is 5.32. The van der Waals surface area contributed by atoms with Gasteiger partial charge in [0.15, 0.2) is 11.0 Å². The predicted molar refractivity (Wildman–Crippen MR) is 133 cm³/mol. The number of hydrogen-bond acceptors (Lipinski definition) is 7. The number of aromatic amines is 1. The number of thioether (sulfide) groups is 1. The molecule has 0 saturated heterocycles. The van der Waals surface area contributed by atoms with Crippen LogP contribution in [-0.4, -0.2) is 24.7 Å². The minimum atomic E-state index is -0.455. The molecule has 0 saturated carbocycles. The van der Waals surface area contributed by atoms with Gasteiger partial charge in [0.1, 0.15) is 12.4 Å². The molecule has 0 amide bonds. The van der Waals surface area contributed by atoms with Gasteiger partial charge in [0.25, 0.3) is 5.69 Å². The first kappa shape index (κ1) is 22.4. The molecule has 1 N–H and O–H groups in total. The molecule has 5 rings (SSSR count). The Morgan fingerprint density at radius 3 is 2.49 bits per heavy atom. The lowest BCUT2D eigenvalue weighted by molar-refractivity contribution is -0.384. The number of nitrogens with one attached hydrogen (secondary N) is 1. The van der Waals surface area contributed by atoms with Crippen LogP contribution in [0.2, 0.25) is 0 Å². The van der Waals surface area contributed by atoms with E-state index in [1.807, 2.05) is 59.2 Å². The third kappa shape index (κ3) is 4.92. The quantitative estimate of drug-likeness (QED) is 0.189. The summed E-state index contributed by atoms with van der Waals surface area (Å²) in [7, 11) is 0. The second-order valence-electron chi connectivity index (χ2n) is 7.60. The van der Waals surface area contributed by atoms with E-state index in [-0.39, 0.29) is 17.9 Å². The van der Waals surface area contributed by atoms with Crippen LogP contribution in [0.4, 0.5) is 5.69 Å². The fourth-order valence-corrected chi connectivity index (χ4v) is 4.64. The number of nitro benzene ring substituents is 1. The molecule has 174 valence electrons. The van der Waals surface area contributed by atoms with Crippen LogP contribution >= 0.6 is 11.8 Å². The predicted octanol–water partition coefficient (Wildman–Crippen LogP) is 4.89. The summed E-state index contributed by atoms with van der Waals surface area (Å²) in [5, 5.41) is 21.2. The number of nitrogens with zero attached hydrogens (tertiary/aromatic N) is 4. The molecule has 0 bridgehead atoms. The SMILES string of the molecule is O=c1cc(CSc2nnc(COc3ccc([N+](=O)[O-])cc3)n2-c2ccccc2)c2ccccc2[nH]1. The first-order valence-electron chi connectivity index (χ1n) is 10.7. The summed E-state index contributed by atoms with van der Waals surface area (Å²) >= 11 is 1.47. The molecule has 0 unspecified atom stereocenters. The fraction of sp³-hybridized carbons (Fsp3) is 0.0800. The highest BCUT2D eigenvalue weighted by Gasteiger charge is 2.16. The van der Waals surface area contributed by atoms with Gasteiger partial charge in [0.05, 0.1) is 4.92 Å². The average Bonchev–Trinajstić information content (AvgIpc) is 3.29. The highest BCUT2D eigenvalue weighted by molar-refractivity contribution is 7.98. The lowest BCUT2D eigenvalue weighted by atomic mass is 10.1. The van der Waals surface area contributed by atoms with E-state index >= 15 is 0 Å². The van der Waals surface area contributed by atoms with E-state index in [4.69, 9.17) is 4.74 Å². The first-order chi connectivity index (χ1) is 17.1. The molecular formula is C25H19N5O4S. The Hall–Kier alpha value is -4.44. The molecule has 0 aliphatic carbocycles. The summed E-state index contributed by atoms with van der Waals surface area (Å²) in [6.07, 6.45) is 0. The largest absolute Gasteiger partial charge is 0.486 e. The van der Waals surface area contributed by atoms with E-state index in [0.29, 0.717) is 22.5 Å². The summed E-state index contributed by atoms with van der Waals surface area (Å²) in [6, 6.07) is 24.9. The molecule has 0 atom stereocenters. The summed E-state index contributed by atoms with van der Waals surface area (Å²) in [6.45, 7) is 0.119. The van der Waals surface area contributed by atoms with Crippen molar-refractivity contribution < 1.29 is 9.66 Å². The van der Waals surface area contributed by atoms with Gasteiger partial charge in [-0.15, -0.1) is 10.2 Å². The van der Waals surface area contributed by atoms with Gasteiger partial charge in [-0.25, -0.2) is 0 Å². The van der Waals surface area contributed by atoms with Gasteiger partial charge in [-0.1, -0.05) is 48.2 Å². The van der Waals surface area contributed by atoms with Crippen LogP contribution in [-0.2, 0) is 12.4 Å². The zero-order chi connectivity index (χ0) is 24.2. The molecular weight excluding hydrogens is 466 g/mol. The van der Waals surface area contributed by atoms with E-state index in [0.717, 1.165) is 22.2 Å². The molecule has 0 aliphatic rings. The number of rotatable bonds is 8. The zero-order valence-corrected chi connectivity index (χ0v) is 19.1. The van der Waals surface area contributed by atoms with E-state index in [1.54, 1.807) is 18.2 Å². The molecule has 0 spiro atoms. The average molecular weight is 486 g/mol. The Bertz CT molecular complexity index is 1550. The summed E-state index contributed by atoms with van der Waals surface area (Å²) in [4.78, 5) is 25.4. The number of fused-ring (bicyclic) bond motifs is 1. The minimum Gasteiger partial charge on any atom is -0.486 e. The number of para-hydroxylation sites is 2. The van der Waals surface area contributed by atoms with Crippen molar-refractivity contribution in [2.75, 3.05) is 0 Å².